The lowest BCUT2D eigenvalue weighted by Gasteiger charge is -2.44. The van der Waals surface area contributed by atoms with Gasteiger partial charge in [-0.1, -0.05) is 12.8 Å². The van der Waals surface area contributed by atoms with E-state index in [2.05, 4.69) is 38.8 Å². The van der Waals surface area contributed by atoms with Gasteiger partial charge >= 0.3 is 0 Å². The highest BCUT2D eigenvalue weighted by Crippen LogP contribution is 2.34. The van der Waals surface area contributed by atoms with Gasteiger partial charge in [-0.05, 0) is 47.3 Å². The lowest BCUT2D eigenvalue weighted by molar-refractivity contribution is -0.00904. The standard InChI is InChI=1S/C14H19BrN2O/c1-10-8-11(15)14(16-9-10)17-6-7-18-13-5-3-2-4-12(13)17/h8-9,12-13H,2-7H2,1H3. The maximum Gasteiger partial charge on any atom is 0.143 e. The minimum Gasteiger partial charge on any atom is -0.374 e. The van der Waals surface area contributed by atoms with Crippen molar-refractivity contribution in [3.63, 3.8) is 0 Å². The van der Waals surface area contributed by atoms with Crippen LogP contribution in [-0.2, 0) is 4.74 Å². The van der Waals surface area contributed by atoms with Crippen LogP contribution >= 0.6 is 15.9 Å². The van der Waals surface area contributed by atoms with Crippen LogP contribution in [0.4, 0.5) is 5.82 Å². The molecule has 2 unspecified atom stereocenters. The van der Waals surface area contributed by atoms with Crippen LogP contribution in [0.5, 0.6) is 0 Å². The molecule has 98 valence electrons. The van der Waals surface area contributed by atoms with Crippen molar-refractivity contribution in [2.24, 2.45) is 0 Å². The molecule has 0 radical (unpaired) electrons. The van der Waals surface area contributed by atoms with E-state index in [-0.39, 0.29) is 0 Å². The molecule has 3 rings (SSSR count). The Bertz CT molecular complexity index is 436. The highest BCUT2D eigenvalue weighted by atomic mass is 79.9. The summed E-state index contributed by atoms with van der Waals surface area (Å²) in [7, 11) is 0. The smallest absolute Gasteiger partial charge is 0.143 e. The molecule has 1 aliphatic heterocycles. The number of ether oxygens (including phenoxy) is 1. The van der Waals surface area contributed by atoms with Crippen LogP contribution in [0.1, 0.15) is 31.2 Å². The van der Waals surface area contributed by atoms with Gasteiger partial charge in [0.15, 0.2) is 0 Å². The Morgan fingerprint density at radius 2 is 2.22 bits per heavy atom. The predicted octanol–water partition coefficient (Wildman–Crippen LogP) is 3.30. The van der Waals surface area contributed by atoms with Crippen molar-refractivity contribution in [3.8, 4) is 0 Å². The van der Waals surface area contributed by atoms with Gasteiger partial charge in [0.1, 0.15) is 5.82 Å². The fraction of sp³-hybridized carbons (Fsp3) is 0.643. The first-order chi connectivity index (χ1) is 8.75. The summed E-state index contributed by atoms with van der Waals surface area (Å²) >= 11 is 3.65. The third-order valence-electron chi connectivity index (χ3n) is 3.96. The maximum atomic E-state index is 5.91. The van der Waals surface area contributed by atoms with Crippen molar-refractivity contribution in [2.75, 3.05) is 18.1 Å². The molecule has 0 spiro atoms. The average Bonchev–Trinajstić information content (AvgIpc) is 2.38. The second-order valence-corrected chi connectivity index (χ2v) is 6.13. The van der Waals surface area contributed by atoms with Crippen LogP contribution < -0.4 is 4.90 Å². The Morgan fingerprint density at radius 1 is 1.39 bits per heavy atom. The van der Waals surface area contributed by atoms with Gasteiger partial charge in [0.05, 0.1) is 23.2 Å². The molecule has 1 aromatic heterocycles. The molecule has 2 heterocycles. The Morgan fingerprint density at radius 3 is 3.06 bits per heavy atom. The second kappa shape index (κ2) is 5.17. The zero-order valence-corrected chi connectivity index (χ0v) is 12.3. The Balaban J connectivity index is 1.89. The number of aryl methyl sites for hydroxylation is 1. The number of morpholine rings is 1. The van der Waals surface area contributed by atoms with Gasteiger partial charge in [-0.25, -0.2) is 4.98 Å². The molecular formula is C14H19BrN2O. The Hall–Kier alpha value is -0.610. The zero-order valence-electron chi connectivity index (χ0n) is 10.7. The largest absolute Gasteiger partial charge is 0.374 e. The summed E-state index contributed by atoms with van der Waals surface area (Å²) < 4.78 is 7.02. The third-order valence-corrected chi connectivity index (χ3v) is 4.55. The Labute approximate surface area is 117 Å². The quantitative estimate of drug-likeness (QED) is 0.796. The second-order valence-electron chi connectivity index (χ2n) is 5.27. The SMILES string of the molecule is Cc1cnc(N2CCOC3CCCCC32)c(Br)c1. The van der Waals surface area contributed by atoms with Crippen LogP contribution in [0.15, 0.2) is 16.7 Å². The number of fused-ring (bicyclic) bond motifs is 1. The minimum absolute atomic E-state index is 0.405. The molecule has 0 N–H and O–H groups in total. The average molecular weight is 311 g/mol. The summed E-state index contributed by atoms with van der Waals surface area (Å²) in [5.41, 5.74) is 1.19. The molecule has 1 saturated heterocycles. The molecule has 4 heteroatoms. The van der Waals surface area contributed by atoms with Gasteiger partial charge in [-0.15, -0.1) is 0 Å². The monoisotopic (exact) mass is 310 g/mol. The van der Waals surface area contributed by atoms with Crippen molar-refractivity contribution < 1.29 is 4.74 Å². The maximum absolute atomic E-state index is 5.91. The fourth-order valence-corrected chi connectivity index (χ4v) is 3.79. The van der Waals surface area contributed by atoms with E-state index in [4.69, 9.17) is 4.74 Å². The summed E-state index contributed by atoms with van der Waals surface area (Å²) in [6.07, 6.45) is 7.40. The van der Waals surface area contributed by atoms with E-state index < -0.39 is 0 Å². The van der Waals surface area contributed by atoms with Gasteiger partial charge in [0, 0.05) is 12.7 Å². The summed E-state index contributed by atoms with van der Waals surface area (Å²) in [6.45, 7) is 3.85. The van der Waals surface area contributed by atoms with Crippen LogP contribution in [0, 0.1) is 6.92 Å². The fourth-order valence-electron chi connectivity index (χ4n) is 3.10. The molecule has 1 aliphatic carbocycles. The lowest BCUT2D eigenvalue weighted by atomic mass is 9.90. The zero-order chi connectivity index (χ0) is 12.5. The molecule has 2 atom stereocenters. The third kappa shape index (κ3) is 2.28. The lowest BCUT2D eigenvalue weighted by Crippen LogP contribution is -2.53. The highest BCUT2D eigenvalue weighted by Gasteiger charge is 2.35. The first kappa shape index (κ1) is 12.4. The van der Waals surface area contributed by atoms with Crippen molar-refractivity contribution in [3.05, 3.63) is 22.3 Å². The summed E-state index contributed by atoms with van der Waals surface area (Å²) in [5, 5.41) is 0. The molecule has 2 fully saturated rings. The number of anilines is 1. The number of hydrogen-bond donors (Lipinski definition) is 0. The van der Waals surface area contributed by atoms with Crippen LogP contribution in [0.3, 0.4) is 0 Å². The molecule has 0 aromatic carbocycles. The van der Waals surface area contributed by atoms with Gasteiger partial charge in [0.25, 0.3) is 0 Å². The number of rotatable bonds is 1. The van der Waals surface area contributed by atoms with E-state index in [1.54, 1.807) is 0 Å². The number of hydrogen-bond acceptors (Lipinski definition) is 3. The van der Waals surface area contributed by atoms with Gasteiger partial charge in [-0.3, -0.25) is 0 Å². The van der Waals surface area contributed by atoms with E-state index in [9.17, 15) is 0 Å². The Kier molecular flexibility index (Phi) is 3.57. The van der Waals surface area contributed by atoms with Crippen LogP contribution in [0.2, 0.25) is 0 Å². The summed E-state index contributed by atoms with van der Waals surface area (Å²) in [5.74, 6) is 1.08. The van der Waals surface area contributed by atoms with Gasteiger partial charge in [0.2, 0.25) is 0 Å². The van der Waals surface area contributed by atoms with Crippen molar-refractivity contribution in [1.82, 2.24) is 4.98 Å². The molecule has 0 amide bonds. The minimum atomic E-state index is 0.405. The summed E-state index contributed by atoms with van der Waals surface area (Å²) in [4.78, 5) is 7.06. The summed E-state index contributed by atoms with van der Waals surface area (Å²) in [6, 6.07) is 2.66. The number of halogens is 1. The number of pyridine rings is 1. The van der Waals surface area contributed by atoms with Crippen molar-refractivity contribution in [1.29, 1.82) is 0 Å². The van der Waals surface area contributed by atoms with Gasteiger partial charge < -0.3 is 9.64 Å². The first-order valence-corrected chi connectivity index (χ1v) is 7.55. The molecule has 3 nitrogen and oxygen atoms in total. The number of aromatic nitrogens is 1. The molecule has 0 bridgehead atoms. The molecule has 1 saturated carbocycles. The first-order valence-electron chi connectivity index (χ1n) is 6.76. The highest BCUT2D eigenvalue weighted by molar-refractivity contribution is 9.10. The van der Waals surface area contributed by atoms with E-state index in [0.717, 1.165) is 23.4 Å². The van der Waals surface area contributed by atoms with E-state index >= 15 is 0 Å². The van der Waals surface area contributed by atoms with E-state index in [1.165, 1.54) is 31.2 Å². The van der Waals surface area contributed by atoms with E-state index in [0.29, 0.717) is 12.1 Å². The topological polar surface area (TPSA) is 25.4 Å². The molecule has 2 aliphatic rings. The normalized spacial score (nSPS) is 28.0. The van der Waals surface area contributed by atoms with Crippen LogP contribution in [0.25, 0.3) is 0 Å². The number of nitrogens with zero attached hydrogens (tertiary/aromatic N) is 2. The molecular weight excluding hydrogens is 292 g/mol. The van der Waals surface area contributed by atoms with Gasteiger partial charge in [-0.2, -0.15) is 0 Å². The van der Waals surface area contributed by atoms with Crippen LogP contribution in [-0.4, -0.2) is 30.3 Å². The predicted molar refractivity (Wildman–Crippen MR) is 76.0 cm³/mol. The molecule has 1 aromatic rings. The van der Waals surface area contributed by atoms with E-state index in [1.807, 2.05) is 6.20 Å². The molecule has 18 heavy (non-hydrogen) atoms. The van der Waals surface area contributed by atoms with Crippen molar-refractivity contribution >= 4 is 21.7 Å². The van der Waals surface area contributed by atoms with Crippen molar-refractivity contribution in [2.45, 2.75) is 44.8 Å².